The minimum atomic E-state index is -4.51. The molecule has 1 aromatic heterocycles. The third-order valence-corrected chi connectivity index (χ3v) is 5.75. The lowest BCUT2D eigenvalue weighted by Crippen LogP contribution is -2.13. The van der Waals surface area contributed by atoms with E-state index < -0.39 is 17.8 Å². The normalized spacial score (nSPS) is 16.9. The number of nitrogens with one attached hydrogen (secondary N) is 1. The van der Waals surface area contributed by atoms with Crippen LogP contribution >= 0.6 is 0 Å². The molecule has 0 aliphatic carbocycles. The summed E-state index contributed by atoms with van der Waals surface area (Å²) in [6.07, 6.45) is -4.51. The fourth-order valence-corrected chi connectivity index (χ4v) is 3.93. The van der Waals surface area contributed by atoms with Crippen LogP contribution in [0.4, 0.5) is 24.7 Å². The maximum absolute atomic E-state index is 13.3. The Morgan fingerprint density at radius 2 is 1.39 bits per heavy atom. The predicted molar refractivity (Wildman–Crippen MR) is 136 cm³/mol. The number of hydrogen-bond donors (Lipinski definition) is 2. The zero-order chi connectivity index (χ0) is 27.1. The van der Waals surface area contributed by atoms with Gasteiger partial charge in [-0.05, 0) is 43.7 Å². The van der Waals surface area contributed by atoms with E-state index in [1.807, 2.05) is 0 Å². The third kappa shape index (κ3) is 7.36. The second-order valence-corrected chi connectivity index (χ2v) is 8.72. The molecule has 38 heavy (non-hydrogen) atoms. The molecule has 0 saturated carbocycles. The van der Waals surface area contributed by atoms with Crippen molar-refractivity contribution >= 4 is 22.4 Å². The van der Waals surface area contributed by atoms with E-state index in [0.717, 1.165) is 12.1 Å². The van der Waals surface area contributed by atoms with Crippen molar-refractivity contribution in [2.75, 3.05) is 63.9 Å². The lowest BCUT2D eigenvalue weighted by Gasteiger charge is -2.20. The molecule has 0 fully saturated rings. The van der Waals surface area contributed by atoms with Gasteiger partial charge in [0.25, 0.3) is 0 Å². The molecule has 2 heterocycles. The first-order valence-electron chi connectivity index (χ1n) is 12.3. The number of rotatable bonds is 3. The number of aromatic nitrogens is 2. The summed E-state index contributed by atoms with van der Waals surface area (Å²) >= 11 is 0. The SMILES string of the molecule is Cc1nc(N[C@H](C)c2cc(N)cc(C(F)(F)F)c2)c2cc3c(cc2n1)OCCOCCOCCOCCO3. The van der Waals surface area contributed by atoms with E-state index in [2.05, 4.69) is 15.3 Å². The molecule has 1 atom stereocenters. The summed E-state index contributed by atoms with van der Waals surface area (Å²) in [4.78, 5) is 9.04. The van der Waals surface area contributed by atoms with Gasteiger partial charge in [-0.25, -0.2) is 9.97 Å². The van der Waals surface area contributed by atoms with Gasteiger partial charge in [0.15, 0.2) is 11.5 Å². The smallest absolute Gasteiger partial charge is 0.416 e. The molecule has 0 radical (unpaired) electrons. The lowest BCUT2D eigenvalue weighted by molar-refractivity contribution is -0.137. The second kappa shape index (κ2) is 12.5. The Morgan fingerprint density at radius 1 is 0.816 bits per heavy atom. The Morgan fingerprint density at radius 3 is 2.00 bits per heavy atom. The number of hydrogen-bond acceptors (Lipinski definition) is 9. The molecule has 2 aromatic carbocycles. The first-order valence-corrected chi connectivity index (χ1v) is 12.3. The number of benzene rings is 2. The van der Waals surface area contributed by atoms with Crippen molar-refractivity contribution in [3.05, 3.63) is 47.3 Å². The van der Waals surface area contributed by atoms with Crippen molar-refractivity contribution in [1.82, 2.24) is 9.97 Å². The highest BCUT2D eigenvalue weighted by Crippen LogP contribution is 2.37. The fourth-order valence-electron chi connectivity index (χ4n) is 3.93. The standard InChI is InChI=1S/C26H31F3N4O5/c1-16(18-11-19(26(27,28)29)13-20(30)12-18)31-25-21-14-23-24(15-22(21)32-17(2)33-25)38-10-8-36-6-4-34-3-5-35-7-9-37-23/h11-16H,3-10,30H2,1-2H3,(H,31,32,33)/t16-/m1/s1. The van der Waals surface area contributed by atoms with Gasteiger partial charge in [0, 0.05) is 17.1 Å². The summed E-state index contributed by atoms with van der Waals surface area (Å²) in [5, 5.41) is 3.84. The second-order valence-electron chi connectivity index (χ2n) is 8.72. The summed E-state index contributed by atoms with van der Waals surface area (Å²) in [6, 6.07) is 6.46. The summed E-state index contributed by atoms with van der Waals surface area (Å²) in [5.41, 5.74) is 5.94. The molecule has 0 unspecified atom stereocenters. The monoisotopic (exact) mass is 536 g/mol. The van der Waals surface area contributed by atoms with Crippen LogP contribution in [0.1, 0.15) is 29.9 Å². The van der Waals surface area contributed by atoms with Gasteiger partial charge in [0.05, 0.1) is 56.8 Å². The molecule has 9 nitrogen and oxygen atoms in total. The number of alkyl halides is 3. The Labute approximate surface area is 218 Å². The highest BCUT2D eigenvalue weighted by atomic mass is 19.4. The first-order chi connectivity index (χ1) is 18.2. The van der Waals surface area contributed by atoms with Gasteiger partial charge in [-0.3, -0.25) is 0 Å². The average Bonchev–Trinajstić information content (AvgIpc) is 2.86. The number of ether oxygens (including phenoxy) is 5. The van der Waals surface area contributed by atoms with E-state index in [1.54, 1.807) is 26.0 Å². The fraction of sp³-hybridized carbons (Fsp3) is 0.462. The van der Waals surface area contributed by atoms with Crippen molar-refractivity contribution in [3.63, 3.8) is 0 Å². The number of halogens is 3. The van der Waals surface area contributed by atoms with Crippen molar-refractivity contribution in [2.24, 2.45) is 0 Å². The molecule has 3 N–H and O–H groups in total. The lowest BCUT2D eigenvalue weighted by atomic mass is 10.0. The van der Waals surface area contributed by atoms with Crippen LogP contribution in [0, 0.1) is 6.92 Å². The van der Waals surface area contributed by atoms with Crippen molar-refractivity contribution in [1.29, 1.82) is 0 Å². The molecule has 4 rings (SSSR count). The van der Waals surface area contributed by atoms with Crippen LogP contribution < -0.4 is 20.5 Å². The summed E-state index contributed by atoms with van der Waals surface area (Å²) in [5.74, 6) is 1.86. The van der Waals surface area contributed by atoms with Crippen LogP contribution in [0.15, 0.2) is 30.3 Å². The molecule has 1 aliphatic rings. The Hall–Kier alpha value is -3.35. The molecular formula is C26H31F3N4O5. The number of nitrogen functional groups attached to an aromatic ring is 1. The van der Waals surface area contributed by atoms with Gasteiger partial charge < -0.3 is 34.7 Å². The van der Waals surface area contributed by atoms with Crippen LogP contribution in [-0.4, -0.2) is 62.8 Å². The zero-order valence-corrected chi connectivity index (χ0v) is 21.3. The van der Waals surface area contributed by atoms with Crippen molar-refractivity contribution < 1.29 is 36.9 Å². The molecular weight excluding hydrogens is 505 g/mol. The van der Waals surface area contributed by atoms with Gasteiger partial charge in [-0.1, -0.05) is 0 Å². The zero-order valence-electron chi connectivity index (χ0n) is 21.3. The number of aryl methyl sites for hydroxylation is 1. The van der Waals surface area contributed by atoms with Gasteiger partial charge in [-0.15, -0.1) is 0 Å². The Balaban J connectivity index is 1.64. The minimum absolute atomic E-state index is 0.0257. The number of nitrogens with zero attached hydrogens (tertiary/aromatic N) is 2. The van der Waals surface area contributed by atoms with Crippen LogP contribution in [0.2, 0.25) is 0 Å². The summed E-state index contributed by atoms with van der Waals surface area (Å²) in [7, 11) is 0. The van der Waals surface area contributed by atoms with E-state index in [1.165, 1.54) is 6.07 Å². The largest absolute Gasteiger partial charge is 0.487 e. The van der Waals surface area contributed by atoms with Crippen LogP contribution in [0.5, 0.6) is 11.5 Å². The van der Waals surface area contributed by atoms with Gasteiger partial charge >= 0.3 is 6.18 Å². The molecule has 0 spiro atoms. The third-order valence-electron chi connectivity index (χ3n) is 5.75. The highest BCUT2D eigenvalue weighted by Gasteiger charge is 2.31. The van der Waals surface area contributed by atoms with E-state index in [0.29, 0.717) is 85.9 Å². The van der Waals surface area contributed by atoms with Gasteiger partial charge in [-0.2, -0.15) is 13.2 Å². The van der Waals surface area contributed by atoms with E-state index >= 15 is 0 Å². The predicted octanol–water partition coefficient (Wildman–Crippen LogP) is 4.53. The number of nitrogens with two attached hydrogens (primary N) is 1. The summed E-state index contributed by atoms with van der Waals surface area (Å²) < 4.78 is 68.4. The Kier molecular flexibility index (Phi) is 9.08. The minimum Gasteiger partial charge on any atom is -0.487 e. The van der Waals surface area contributed by atoms with Crippen LogP contribution in [-0.2, 0) is 20.4 Å². The molecule has 206 valence electrons. The molecule has 1 aliphatic heterocycles. The van der Waals surface area contributed by atoms with Crippen molar-refractivity contribution in [3.8, 4) is 11.5 Å². The maximum atomic E-state index is 13.3. The maximum Gasteiger partial charge on any atom is 0.416 e. The quantitative estimate of drug-likeness (QED) is 0.467. The van der Waals surface area contributed by atoms with Crippen LogP contribution in [0.3, 0.4) is 0 Å². The van der Waals surface area contributed by atoms with E-state index in [9.17, 15) is 13.2 Å². The molecule has 12 heteroatoms. The van der Waals surface area contributed by atoms with Crippen LogP contribution in [0.25, 0.3) is 10.9 Å². The number of fused-ring (bicyclic) bond motifs is 2. The van der Waals surface area contributed by atoms with E-state index in [-0.39, 0.29) is 12.3 Å². The summed E-state index contributed by atoms with van der Waals surface area (Å²) in [6.45, 7) is 6.56. The number of anilines is 2. The topological polar surface area (TPSA) is 110 Å². The Bertz CT molecular complexity index is 1240. The van der Waals surface area contributed by atoms with Crippen molar-refractivity contribution in [2.45, 2.75) is 26.1 Å². The van der Waals surface area contributed by atoms with Gasteiger partial charge in [0.2, 0.25) is 0 Å². The molecule has 0 saturated heterocycles. The first kappa shape index (κ1) is 27.7. The molecule has 3 aromatic rings. The van der Waals surface area contributed by atoms with Gasteiger partial charge in [0.1, 0.15) is 24.9 Å². The van der Waals surface area contributed by atoms with E-state index in [4.69, 9.17) is 29.4 Å². The molecule has 0 bridgehead atoms. The highest BCUT2D eigenvalue weighted by molar-refractivity contribution is 5.92. The molecule has 0 amide bonds. The average molecular weight is 537 g/mol.